The van der Waals surface area contributed by atoms with Gasteiger partial charge in [0, 0.05) is 38.4 Å². The molecule has 5 nitrogen and oxygen atoms in total. The van der Waals surface area contributed by atoms with Gasteiger partial charge in [-0.25, -0.2) is 4.79 Å². The highest BCUT2D eigenvalue weighted by Gasteiger charge is 2.13. The van der Waals surface area contributed by atoms with Crippen molar-refractivity contribution in [2.45, 2.75) is 26.3 Å². The summed E-state index contributed by atoms with van der Waals surface area (Å²) in [7, 11) is 0. The molecule has 104 valence electrons. The highest BCUT2D eigenvalue weighted by atomic mass is 32.1. The number of nitrogens with one attached hydrogen (secondary N) is 1. The number of nitrogens with zero attached hydrogens (tertiary/aromatic N) is 2. The molecule has 0 aromatic carbocycles. The molecule has 0 saturated heterocycles. The fourth-order valence-electron chi connectivity index (χ4n) is 1.55. The first-order valence-corrected chi connectivity index (χ1v) is 6.74. The maximum Gasteiger partial charge on any atom is 0.317 e. The lowest BCUT2D eigenvalue weighted by atomic mass is 10.2. The van der Waals surface area contributed by atoms with Crippen LogP contribution in [0.5, 0.6) is 0 Å². The van der Waals surface area contributed by atoms with E-state index in [-0.39, 0.29) is 6.03 Å². The first kappa shape index (κ1) is 15.4. The van der Waals surface area contributed by atoms with Gasteiger partial charge >= 0.3 is 6.03 Å². The molecule has 0 aliphatic carbocycles. The Morgan fingerprint density at radius 2 is 2.37 bits per heavy atom. The Morgan fingerprint density at radius 1 is 1.58 bits per heavy atom. The average Bonchev–Trinajstić information content (AvgIpc) is 2.41. The van der Waals surface area contributed by atoms with Gasteiger partial charge in [0.2, 0.25) is 0 Å². The number of thiocarbonyl (C=S) groups is 1. The Balaban J connectivity index is 2.62. The Kier molecular flexibility index (Phi) is 6.81. The minimum atomic E-state index is -0.0954. The highest BCUT2D eigenvalue weighted by molar-refractivity contribution is 7.80. The van der Waals surface area contributed by atoms with Crippen LogP contribution in [0.2, 0.25) is 0 Å². The van der Waals surface area contributed by atoms with Crippen LogP contribution in [0, 0.1) is 0 Å². The van der Waals surface area contributed by atoms with Crippen LogP contribution in [0.15, 0.2) is 24.5 Å². The summed E-state index contributed by atoms with van der Waals surface area (Å²) in [5.41, 5.74) is 6.48. The maximum absolute atomic E-state index is 12.0. The minimum Gasteiger partial charge on any atom is -0.393 e. The molecule has 0 unspecified atom stereocenters. The Morgan fingerprint density at radius 3 is 2.95 bits per heavy atom. The fourth-order valence-corrected chi connectivity index (χ4v) is 1.64. The molecule has 2 amide bonds. The SMILES string of the molecule is CCCNC(=O)N(CCC(N)=S)Cc1cccnc1. The van der Waals surface area contributed by atoms with Gasteiger partial charge in [0.1, 0.15) is 0 Å². The second-order valence-corrected chi connectivity index (χ2v) is 4.76. The molecular formula is C13H20N4OS. The quantitative estimate of drug-likeness (QED) is 0.745. The number of amides is 2. The van der Waals surface area contributed by atoms with Gasteiger partial charge in [-0.1, -0.05) is 25.2 Å². The van der Waals surface area contributed by atoms with Crippen LogP contribution in [0.3, 0.4) is 0 Å². The fraction of sp³-hybridized carbons (Fsp3) is 0.462. The third-order valence-corrected chi connectivity index (χ3v) is 2.74. The van der Waals surface area contributed by atoms with Gasteiger partial charge in [0.15, 0.2) is 0 Å². The summed E-state index contributed by atoms with van der Waals surface area (Å²) in [6, 6.07) is 3.70. The van der Waals surface area contributed by atoms with Gasteiger partial charge in [0.25, 0.3) is 0 Å². The summed E-state index contributed by atoms with van der Waals surface area (Å²) < 4.78 is 0. The first-order valence-electron chi connectivity index (χ1n) is 6.33. The van der Waals surface area contributed by atoms with Gasteiger partial charge in [-0.05, 0) is 18.1 Å². The summed E-state index contributed by atoms with van der Waals surface area (Å²) in [5, 5.41) is 2.86. The lowest BCUT2D eigenvalue weighted by molar-refractivity contribution is 0.196. The normalized spacial score (nSPS) is 9.95. The van der Waals surface area contributed by atoms with E-state index in [0.717, 1.165) is 12.0 Å². The van der Waals surface area contributed by atoms with E-state index in [1.807, 2.05) is 19.1 Å². The lowest BCUT2D eigenvalue weighted by Crippen LogP contribution is -2.41. The molecule has 0 atom stereocenters. The monoisotopic (exact) mass is 280 g/mol. The summed E-state index contributed by atoms with van der Waals surface area (Å²) in [5.74, 6) is 0. The molecule has 6 heteroatoms. The van der Waals surface area contributed by atoms with Gasteiger partial charge in [-0.2, -0.15) is 0 Å². The zero-order valence-corrected chi connectivity index (χ0v) is 11.9. The molecule has 1 heterocycles. The third-order valence-electron chi connectivity index (χ3n) is 2.54. The molecule has 1 rings (SSSR count). The van der Waals surface area contributed by atoms with Gasteiger partial charge < -0.3 is 16.0 Å². The van der Waals surface area contributed by atoms with Crippen molar-refractivity contribution in [3.05, 3.63) is 30.1 Å². The van der Waals surface area contributed by atoms with Crippen molar-refractivity contribution >= 4 is 23.2 Å². The van der Waals surface area contributed by atoms with Crippen LogP contribution in [0.4, 0.5) is 4.79 Å². The van der Waals surface area contributed by atoms with Crippen molar-refractivity contribution in [2.75, 3.05) is 13.1 Å². The molecule has 1 aromatic rings. The molecule has 0 fully saturated rings. The number of urea groups is 1. The Labute approximate surface area is 119 Å². The van der Waals surface area contributed by atoms with Crippen molar-refractivity contribution in [3.8, 4) is 0 Å². The van der Waals surface area contributed by atoms with Gasteiger partial charge in [-0.3, -0.25) is 4.98 Å². The van der Waals surface area contributed by atoms with Crippen LogP contribution in [-0.4, -0.2) is 34.0 Å². The number of pyridine rings is 1. The largest absolute Gasteiger partial charge is 0.393 e. The van der Waals surface area contributed by atoms with E-state index in [9.17, 15) is 4.79 Å². The Bertz CT molecular complexity index is 410. The molecule has 0 spiro atoms. The standard InChI is InChI=1S/C13H20N4OS/c1-2-6-16-13(18)17(8-5-12(14)19)10-11-4-3-7-15-9-11/h3-4,7,9H,2,5-6,8,10H2,1H3,(H2,14,19)(H,16,18). The summed E-state index contributed by atoms with van der Waals surface area (Å²) in [6.07, 6.45) is 4.89. The summed E-state index contributed by atoms with van der Waals surface area (Å²) in [4.78, 5) is 18.2. The van der Waals surface area contributed by atoms with Crippen molar-refractivity contribution in [1.29, 1.82) is 0 Å². The van der Waals surface area contributed by atoms with Crippen LogP contribution < -0.4 is 11.1 Å². The number of carbonyl (C=O) groups is 1. The van der Waals surface area contributed by atoms with E-state index in [1.165, 1.54) is 0 Å². The Hall–Kier alpha value is -1.69. The van der Waals surface area contributed by atoms with E-state index in [2.05, 4.69) is 10.3 Å². The predicted molar refractivity (Wildman–Crippen MR) is 79.7 cm³/mol. The molecule has 19 heavy (non-hydrogen) atoms. The number of hydrogen-bond donors (Lipinski definition) is 2. The van der Waals surface area contributed by atoms with Crippen molar-refractivity contribution in [2.24, 2.45) is 5.73 Å². The number of hydrogen-bond acceptors (Lipinski definition) is 3. The average molecular weight is 280 g/mol. The van der Waals surface area contributed by atoms with E-state index < -0.39 is 0 Å². The molecule has 1 aromatic heterocycles. The minimum absolute atomic E-state index is 0.0954. The van der Waals surface area contributed by atoms with E-state index >= 15 is 0 Å². The van der Waals surface area contributed by atoms with E-state index in [4.69, 9.17) is 18.0 Å². The second-order valence-electron chi connectivity index (χ2n) is 4.23. The smallest absolute Gasteiger partial charge is 0.317 e. The predicted octanol–water partition coefficient (Wildman–Crippen LogP) is 1.68. The van der Waals surface area contributed by atoms with Crippen LogP contribution in [0.1, 0.15) is 25.3 Å². The maximum atomic E-state index is 12.0. The zero-order valence-electron chi connectivity index (χ0n) is 11.1. The molecule has 0 aliphatic heterocycles. The number of aromatic nitrogens is 1. The summed E-state index contributed by atoms with van der Waals surface area (Å²) in [6.45, 7) is 3.70. The molecule has 0 bridgehead atoms. The molecular weight excluding hydrogens is 260 g/mol. The number of rotatable bonds is 7. The van der Waals surface area contributed by atoms with Crippen molar-refractivity contribution in [3.63, 3.8) is 0 Å². The zero-order chi connectivity index (χ0) is 14.1. The topological polar surface area (TPSA) is 71.2 Å². The van der Waals surface area contributed by atoms with E-state index in [0.29, 0.717) is 31.0 Å². The lowest BCUT2D eigenvalue weighted by Gasteiger charge is -2.22. The highest BCUT2D eigenvalue weighted by Crippen LogP contribution is 2.04. The number of nitrogens with two attached hydrogens (primary N) is 1. The van der Waals surface area contributed by atoms with E-state index in [1.54, 1.807) is 17.3 Å². The van der Waals surface area contributed by atoms with Gasteiger partial charge in [-0.15, -0.1) is 0 Å². The molecule has 3 N–H and O–H groups in total. The molecule has 0 radical (unpaired) electrons. The van der Waals surface area contributed by atoms with Crippen LogP contribution in [-0.2, 0) is 6.54 Å². The first-order chi connectivity index (χ1) is 9.13. The van der Waals surface area contributed by atoms with Crippen LogP contribution >= 0.6 is 12.2 Å². The molecule has 0 aliphatic rings. The molecule has 0 saturated carbocycles. The second kappa shape index (κ2) is 8.42. The van der Waals surface area contributed by atoms with Crippen molar-refractivity contribution < 1.29 is 4.79 Å². The number of carbonyl (C=O) groups excluding carboxylic acids is 1. The summed E-state index contributed by atoms with van der Waals surface area (Å²) >= 11 is 4.86. The van der Waals surface area contributed by atoms with Crippen molar-refractivity contribution in [1.82, 2.24) is 15.2 Å². The van der Waals surface area contributed by atoms with Gasteiger partial charge in [0.05, 0.1) is 4.99 Å². The van der Waals surface area contributed by atoms with Crippen LogP contribution in [0.25, 0.3) is 0 Å². The third kappa shape index (κ3) is 6.15.